The van der Waals surface area contributed by atoms with Gasteiger partial charge in [0.2, 0.25) is 11.8 Å². The summed E-state index contributed by atoms with van der Waals surface area (Å²) in [4.78, 5) is 9.69. The fraction of sp³-hybridized carbons (Fsp3) is 0.375. The van der Waals surface area contributed by atoms with E-state index in [1.165, 1.54) is 19.1 Å². The number of rotatable bonds is 16. The Hall–Kier alpha value is -5.84. The minimum Gasteiger partial charge on any atom is -0.490 e. The molecule has 2 fully saturated rings. The van der Waals surface area contributed by atoms with E-state index in [1.54, 1.807) is 6.07 Å². The van der Waals surface area contributed by atoms with E-state index in [0.29, 0.717) is 50.2 Å². The SMILES string of the molecule is Cc1c(OC2CCC(OC[C@@H](C)N3CCN(c4ccc5c(-c6ccc(OCc7ccccc7)nc6OCc6ccccc6)nn(C)c5c4)CC3)CC2)cccc1OS(=O)(=O)C(F)(F)F. The molecule has 3 heterocycles. The predicted octanol–water partition coefficient (Wildman–Crippen LogP) is 9.25. The summed E-state index contributed by atoms with van der Waals surface area (Å²) in [5, 5.41) is 5.98. The zero-order chi connectivity index (χ0) is 44.8. The Kier molecular flexibility index (Phi) is 13.6. The average molecular weight is 900 g/mol. The Labute approximate surface area is 371 Å². The van der Waals surface area contributed by atoms with E-state index in [0.717, 1.165) is 78.0 Å². The Morgan fingerprint density at radius 3 is 2.08 bits per heavy atom. The number of hydrogen-bond acceptors (Lipinski definition) is 11. The third kappa shape index (κ3) is 10.6. The van der Waals surface area contributed by atoms with Crippen molar-refractivity contribution in [2.75, 3.05) is 37.7 Å². The number of hydrogen-bond donors (Lipinski definition) is 0. The first-order valence-electron chi connectivity index (χ1n) is 21.5. The van der Waals surface area contributed by atoms with Gasteiger partial charge >= 0.3 is 15.6 Å². The summed E-state index contributed by atoms with van der Waals surface area (Å²) in [6, 6.07) is 34.7. The van der Waals surface area contributed by atoms with Gasteiger partial charge in [-0.05, 0) is 87.1 Å². The summed E-state index contributed by atoms with van der Waals surface area (Å²) < 4.78 is 93.0. The number of fused-ring (bicyclic) bond motifs is 1. The van der Waals surface area contributed by atoms with Crippen molar-refractivity contribution in [3.8, 4) is 34.5 Å². The quantitative estimate of drug-likeness (QED) is 0.0684. The number of aryl methyl sites for hydroxylation is 1. The highest BCUT2D eigenvalue weighted by atomic mass is 32.2. The first-order chi connectivity index (χ1) is 30.8. The molecule has 0 N–H and O–H groups in total. The Morgan fingerprint density at radius 2 is 1.41 bits per heavy atom. The summed E-state index contributed by atoms with van der Waals surface area (Å²) in [5.74, 6) is 0.803. The van der Waals surface area contributed by atoms with Crippen LogP contribution in [0.25, 0.3) is 22.2 Å². The number of anilines is 1. The fourth-order valence-corrected chi connectivity index (χ4v) is 8.68. The number of halogens is 3. The molecule has 0 radical (unpaired) electrons. The molecular formula is C48H52F3N5O7S. The van der Waals surface area contributed by atoms with Crippen LogP contribution in [0.5, 0.6) is 23.3 Å². The van der Waals surface area contributed by atoms with Crippen LogP contribution in [0.3, 0.4) is 0 Å². The van der Waals surface area contributed by atoms with Crippen molar-refractivity contribution in [3.05, 3.63) is 126 Å². The highest BCUT2D eigenvalue weighted by Gasteiger charge is 2.49. The Balaban J connectivity index is 0.844. The van der Waals surface area contributed by atoms with Crippen molar-refractivity contribution < 1.29 is 44.7 Å². The lowest BCUT2D eigenvalue weighted by Gasteiger charge is -2.39. The molecule has 12 nitrogen and oxygen atoms in total. The van der Waals surface area contributed by atoms with E-state index >= 15 is 0 Å². The smallest absolute Gasteiger partial charge is 0.490 e. The second kappa shape index (κ2) is 19.5. The maximum absolute atomic E-state index is 12.9. The highest BCUT2D eigenvalue weighted by Crippen LogP contribution is 2.38. The maximum atomic E-state index is 12.9. The van der Waals surface area contributed by atoms with Gasteiger partial charge in [0, 0.05) is 62.0 Å². The first-order valence-corrected chi connectivity index (χ1v) is 22.9. The summed E-state index contributed by atoms with van der Waals surface area (Å²) in [6.07, 6.45) is 2.83. The van der Waals surface area contributed by atoms with Crippen molar-refractivity contribution in [2.45, 2.75) is 76.5 Å². The van der Waals surface area contributed by atoms with Crippen molar-refractivity contribution in [3.63, 3.8) is 0 Å². The lowest BCUT2D eigenvalue weighted by molar-refractivity contribution is -0.0500. The van der Waals surface area contributed by atoms with E-state index < -0.39 is 21.4 Å². The standard InChI is InChI=1S/C48H52F3N5O7S/c1-33(30-59-38-18-20-39(21-19-38)62-43-15-10-16-44(34(43)2)63-64(57,58)48(49,50)51)55-25-27-56(28-26-55)37-17-22-40-42(29-37)54(3)53-46(40)41-23-24-45(60-31-35-11-6-4-7-12-35)52-47(41)61-32-36-13-8-5-9-14-36/h4-17,22-24,29,33,38-39H,18-21,25-28,30-32H2,1-3H3/t33-,38?,39?/m1/s1. The molecule has 0 bridgehead atoms. The van der Waals surface area contributed by atoms with Gasteiger partial charge in [-0.1, -0.05) is 66.7 Å². The molecule has 0 amide bonds. The number of nitrogens with zero attached hydrogens (tertiary/aromatic N) is 5. The summed E-state index contributed by atoms with van der Waals surface area (Å²) in [6.45, 7) is 8.50. The van der Waals surface area contributed by atoms with Crippen LogP contribution in [-0.4, -0.2) is 84.6 Å². The minimum atomic E-state index is -5.79. The molecule has 0 spiro atoms. The number of piperazine rings is 1. The topological polar surface area (TPSA) is 117 Å². The predicted molar refractivity (Wildman–Crippen MR) is 238 cm³/mol. The van der Waals surface area contributed by atoms with Crippen LogP contribution < -0.4 is 23.3 Å². The molecule has 2 aromatic heterocycles. The summed E-state index contributed by atoms with van der Waals surface area (Å²) in [7, 11) is -3.83. The number of benzene rings is 4. The van der Waals surface area contributed by atoms with Gasteiger partial charge in [0.05, 0.1) is 29.9 Å². The molecular weight excluding hydrogens is 848 g/mol. The van der Waals surface area contributed by atoms with Gasteiger partial charge in [0.1, 0.15) is 30.4 Å². The molecule has 1 aliphatic carbocycles. The molecule has 1 saturated carbocycles. The van der Waals surface area contributed by atoms with Crippen molar-refractivity contribution in [1.29, 1.82) is 0 Å². The first kappa shape index (κ1) is 44.8. The lowest BCUT2D eigenvalue weighted by Crippen LogP contribution is -2.51. The van der Waals surface area contributed by atoms with E-state index in [2.05, 4.69) is 39.1 Å². The zero-order valence-electron chi connectivity index (χ0n) is 36.0. The molecule has 2 aliphatic rings. The number of ether oxygens (including phenoxy) is 4. The lowest BCUT2D eigenvalue weighted by atomic mass is 9.94. The fourth-order valence-electron chi connectivity index (χ4n) is 8.17. The van der Waals surface area contributed by atoms with Crippen molar-refractivity contribution >= 4 is 26.7 Å². The van der Waals surface area contributed by atoms with Crippen molar-refractivity contribution in [2.24, 2.45) is 7.05 Å². The van der Waals surface area contributed by atoms with E-state index in [-0.39, 0.29) is 23.8 Å². The molecule has 1 atom stereocenters. The number of alkyl halides is 3. The van der Waals surface area contributed by atoms with Crippen LogP contribution in [0.15, 0.2) is 109 Å². The highest BCUT2D eigenvalue weighted by molar-refractivity contribution is 7.88. The monoisotopic (exact) mass is 899 g/mol. The Morgan fingerprint density at radius 1 is 0.766 bits per heavy atom. The third-order valence-electron chi connectivity index (χ3n) is 11.9. The maximum Gasteiger partial charge on any atom is 0.534 e. The van der Waals surface area contributed by atoms with Gasteiger partial charge in [0.15, 0.2) is 0 Å². The van der Waals surface area contributed by atoms with Crippen LogP contribution >= 0.6 is 0 Å². The number of pyridine rings is 1. The molecule has 1 saturated heterocycles. The van der Waals surface area contributed by atoms with E-state index in [1.807, 2.05) is 84.5 Å². The van der Waals surface area contributed by atoms with Gasteiger partial charge in [-0.15, -0.1) is 0 Å². The van der Waals surface area contributed by atoms with Gasteiger partial charge in [-0.25, -0.2) is 0 Å². The molecule has 64 heavy (non-hydrogen) atoms. The second-order valence-electron chi connectivity index (χ2n) is 16.3. The van der Waals surface area contributed by atoms with Gasteiger partial charge in [0.25, 0.3) is 0 Å². The summed E-state index contributed by atoms with van der Waals surface area (Å²) >= 11 is 0. The second-order valence-corrected chi connectivity index (χ2v) is 17.8. The van der Waals surface area contributed by atoms with Crippen LogP contribution in [0, 0.1) is 6.92 Å². The minimum absolute atomic E-state index is 0.0694. The normalized spacial score (nSPS) is 17.9. The average Bonchev–Trinajstić information content (AvgIpc) is 3.63. The molecule has 8 rings (SSSR count). The van der Waals surface area contributed by atoms with Gasteiger partial charge in [-0.2, -0.15) is 31.7 Å². The molecule has 6 aromatic rings. The molecule has 1 aliphatic heterocycles. The molecule has 338 valence electrons. The van der Waals surface area contributed by atoms with Crippen LogP contribution in [0.1, 0.15) is 49.3 Å². The van der Waals surface area contributed by atoms with E-state index in [9.17, 15) is 21.6 Å². The van der Waals surface area contributed by atoms with Crippen molar-refractivity contribution in [1.82, 2.24) is 19.7 Å². The largest absolute Gasteiger partial charge is 0.534 e. The third-order valence-corrected chi connectivity index (χ3v) is 12.8. The molecule has 0 unspecified atom stereocenters. The zero-order valence-corrected chi connectivity index (χ0v) is 36.9. The van der Waals surface area contributed by atoms with Crippen LogP contribution in [0.2, 0.25) is 0 Å². The van der Waals surface area contributed by atoms with Gasteiger partial charge in [-0.3, -0.25) is 9.58 Å². The Bertz CT molecular complexity index is 2620. The van der Waals surface area contributed by atoms with E-state index in [4.69, 9.17) is 29.0 Å². The molecule has 4 aromatic carbocycles. The summed E-state index contributed by atoms with van der Waals surface area (Å²) in [5.41, 5.74) is 0.444. The molecule has 16 heteroatoms. The number of aromatic nitrogens is 3. The van der Waals surface area contributed by atoms with Gasteiger partial charge < -0.3 is 28.0 Å². The van der Waals surface area contributed by atoms with Crippen LogP contribution in [-0.2, 0) is 35.1 Å². The van der Waals surface area contributed by atoms with Crippen LogP contribution in [0.4, 0.5) is 18.9 Å².